The van der Waals surface area contributed by atoms with Crippen LogP contribution in [0.2, 0.25) is 0 Å². The lowest BCUT2D eigenvalue weighted by Crippen LogP contribution is -2.05. The molecule has 0 heterocycles. The van der Waals surface area contributed by atoms with E-state index in [1.165, 1.54) is 12.1 Å². The third-order valence-electron chi connectivity index (χ3n) is 2.88. The average Bonchev–Trinajstić information content (AvgIpc) is 2.45. The first-order valence-corrected chi connectivity index (χ1v) is 6.88. The number of hydrogen-bond acceptors (Lipinski definition) is 2. The topological polar surface area (TPSA) is 29.5 Å². The molecule has 0 saturated carbocycles. The fourth-order valence-electron chi connectivity index (χ4n) is 1.79. The Bertz CT molecular complexity index is 609. The first-order chi connectivity index (χ1) is 9.91. The van der Waals surface area contributed by atoms with Gasteiger partial charge in [0.15, 0.2) is 0 Å². The summed E-state index contributed by atoms with van der Waals surface area (Å²) in [6, 6.07) is 10.0. The molecule has 0 aliphatic rings. The molecule has 2 aromatic rings. The third-order valence-corrected chi connectivity index (χ3v) is 3.51. The van der Waals surface area contributed by atoms with Gasteiger partial charge in [0.2, 0.25) is 0 Å². The Morgan fingerprint density at radius 3 is 2.29 bits per heavy atom. The van der Waals surface area contributed by atoms with E-state index in [1.807, 2.05) is 0 Å². The monoisotopic (exact) mass is 360 g/mol. The number of ether oxygens (including phenoxy) is 1. The minimum Gasteiger partial charge on any atom is -0.487 e. The zero-order valence-corrected chi connectivity index (χ0v) is 12.4. The molecular formula is C15H12BrF3O2. The fraction of sp³-hybridized carbons (Fsp3) is 0.200. The van der Waals surface area contributed by atoms with Crippen molar-refractivity contribution in [2.45, 2.75) is 19.4 Å². The summed E-state index contributed by atoms with van der Waals surface area (Å²) in [5.41, 5.74) is 0.530. The normalized spacial score (nSPS) is 11.5. The van der Waals surface area contributed by atoms with Gasteiger partial charge in [0.1, 0.15) is 12.4 Å². The molecule has 0 aromatic heterocycles. The van der Waals surface area contributed by atoms with Crippen LogP contribution in [-0.2, 0) is 19.4 Å². The van der Waals surface area contributed by atoms with Crippen LogP contribution in [0.1, 0.15) is 16.7 Å². The van der Waals surface area contributed by atoms with Crippen molar-refractivity contribution in [1.82, 2.24) is 0 Å². The summed E-state index contributed by atoms with van der Waals surface area (Å²) in [5, 5.41) is 9.24. The zero-order valence-electron chi connectivity index (χ0n) is 10.8. The van der Waals surface area contributed by atoms with Gasteiger partial charge >= 0.3 is 6.18 Å². The maximum Gasteiger partial charge on any atom is 0.416 e. The molecule has 6 heteroatoms. The maximum absolute atomic E-state index is 12.5. The van der Waals surface area contributed by atoms with Crippen LogP contribution in [0.3, 0.4) is 0 Å². The molecule has 0 radical (unpaired) electrons. The van der Waals surface area contributed by atoms with Crippen LogP contribution >= 0.6 is 15.9 Å². The first kappa shape index (κ1) is 15.9. The summed E-state index contributed by atoms with van der Waals surface area (Å²) in [7, 11) is 0. The molecule has 0 fully saturated rings. The lowest BCUT2D eigenvalue weighted by Gasteiger charge is -2.12. The molecule has 1 N–H and O–H groups in total. The van der Waals surface area contributed by atoms with Gasteiger partial charge in [-0.15, -0.1) is 0 Å². The number of halogens is 4. The van der Waals surface area contributed by atoms with E-state index in [2.05, 4.69) is 15.9 Å². The van der Waals surface area contributed by atoms with Gasteiger partial charge in [-0.1, -0.05) is 24.3 Å². The van der Waals surface area contributed by atoms with Gasteiger partial charge < -0.3 is 9.84 Å². The largest absolute Gasteiger partial charge is 0.487 e. The van der Waals surface area contributed by atoms with Crippen molar-refractivity contribution in [3.63, 3.8) is 0 Å². The highest BCUT2D eigenvalue weighted by atomic mass is 79.9. The molecule has 2 nitrogen and oxygen atoms in total. The van der Waals surface area contributed by atoms with Crippen molar-refractivity contribution in [2.24, 2.45) is 0 Å². The Labute approximate surface area is 128 Å². The van der Waals surface area contributed by atoms with E-state index >= 15 is 0 Å². The van der Waals surface area contributed by atoms with Crippen molar-refractivity contribution >= 4 is 15.9 Å². The van der Waals surface area contributed by atoms with E-state index in [-0.39, 0.29) is 13.2 Å². The van der Waals surface area contributed by atoms with Gasteiger partial charge in [-0.2, -0.15) is 13.2 Å². The van der Waals surface area contributed by atoms with Crippen LogP contribution < -0.4 is 4.74 Å². The maximum atomic E-state index is 12.5. The predicted octanol–water partition coefficient (Wildman–Crippen LogP) is 4.54. The summed E-state index contributed by atoms with van der Waals surface area (Å²) < 4.78 is 43.6. The molecule has 0 amide bonds. The Hall–Kier alpha value is -1.53. The van der Waals surface area contributed by atoms with E-state index in [9.17, 15) is 18.3 Å². The Kier molecular flexibility index (Phi) is 4.90. The molecule has 0 aliphatic carbocycles. The first-order valence-electron chi connectivity index (χ1n) is 6.09. The molecule has 0 bridgehead atoms. The molecule has 0 saturated heterocycles. The number of aliphatic hydroxyl groups excluding tert-OH is 1. The standard InChI is InChI=1S/C15H12BrF3O2/c16-13-3-1-2-11(8-20)14(13)21-9-10-4-6-12(7-5-10)15(17,18)19/h1-7,20H,8-9H2. The van der Waals surface area contributed by atoms with Gasteiger partial charge in [0.05, 0.1) is 16.6 Å². The lowest BCUT2D eigenvalue weighted by molar-refractivity contribution is -0.137. The molecule has 2 aromatic carbocycles. The van der Waals surface area contributed by atoms with Gasteiger partial charge in [-0.3, -0.25) is 0 Å². The second kappa shape index (κ2) is 6.49. The van der Waals surface area contributed by atoms with Crippen LogP contribution in [0.5, 0.6) is 5.75 Å². The van der Waals surface area contributed by atoms with Gasteiger partial charge in [-0.05, 0) is 39.7 Å². The second-order valence-electron chi connectivity index (χ2n) is 4.37. The molecule has 0 spiro atoms. The smallest absolute Gasteiger partial charge is 0.416 e. The number of alkyl halides is 3. The van der Waals surface area contributed by atoms with Crippen molar-refractivity contribution in [3.8, 4) is 5.75 Å². The minimum atomic E-state index is -4.34. The lowest BCUT2D eigenvalue weighted by atomic mass is 10.1. The van der Waals surface area contributed by atoms with Crippen LogP contribution in [0.15, 0.2) is 46.9 Å². The SMILES string of the molecule is OCc1cccc(Br)c1OCc1ccc(C(F)(F)F)cc1. The van der Waals surface area contributed by atoms with E-state index in [0.717, 1.165) is 12.1 Å². The van der Waals surface area contributed by atoms with E-state index in [4.69, 9.17) is 4.74 Å². The van der Waals surface area contributed by atoms with Crippen molar-refractivity contribution < 1.29 is 23.0 Å². The third kappa shape index (κ3) is 3.98. The van der Waals surface area contributed by atoms with Crippen molar-refractivity contribution in [1.29, 1.82) is 0 Å². The van der Waals surface area contributed by atoms with E-state index in [1.54, 1.807) is 18.2 Å². The Morgan fingerprint density at radius 1 is 1.05 bits per heavy atom. The molecule has 0 aliphatic heterocycles. The molecule has 0 unspecified atom stereocenters. The molecular weight excluding hydrogens is 349 g/mol. The number of benzene rings is 2. The minimum absolute atomic E-state index is 0.119. The average molecular weight is 361 g/mol. The zero-order chi connectivity index (χ0) is 15.5. The summed E-state index contributed by atoms with van der Waals surface area (Å²) in [4.78, 5) is 0. The Morgan fingerprint density at radius 2 is 1.71 bits per heavy atom. The molecule has 2 rings (SSSR count). The Balaban J connectivity index is 2.10. The van der Waals surface area contributed by atoms with Gasteiger partial charge in [0.25, 0.3) is 0 Å². The van der Waals surface area contributed by atoms with Gasteiger partial charge in [-0.25, -0.2) is 0 Å². The van der Waals surface area contributed by atoms with E-state index in [0.29, 0.717) is 21.3 Å². The highest BCUT2D eigenvalue weighted by Gasteiger charge is 2.29. The summed E-state index contributed by atoms with van der Waals surface area (Å²) in [5.74, 6) is 0.486. The summed E-state index contributed by atoms with van der Waals surface area (Å²) in [6.45, 7) is -0.0600. The summed E-state index contributed by atoms with van der Waals surface area (Å²) >= 11 is 3.31. The predicted molar refractivity (Wildman–Crippen MR) is 75.8 cm³/mol. The van der Waals surface area contributed by atoms with Gasteiger partial charge in [0, 0.05) is 5.56 Å². The number of rotatable bonds is 4. The fourth-order valence-corrected chi connectivity index (χ4v) is 2.31. The second-order valence-corrected chi connectivity index (χ2v) is 5.22. The number of para-hydroxylation sites is 1. The van der Waals surface area contributed by atoms with Crippen LogP contribution in [0.25, 0.3) is 0 Å². The number of aliphatic hydroxyl groups is 1. The van der Waals surface area contributed by atoms with Crippen LogP contribution in [0.4, 0.5) is 13.2 Å². The van der Waals surface area contributed by atoms with Crippen molar-refractivity contribution in [3.05, 3.63) is 63.6 Å². The number of hydrogen-bond donors (Lipinski definition) is 1. The van der Waals surface area contributed by atoms with Crippen molar-refractivity contribution in [2.75, 3.05) is 0 Å². The molecule has 112 valence electrons. The highest BCUT2D eigenvalue weighted by molar-refractivity contribution is 9.10. The summed E-state index contributed by atoms with van der Waals surface area (Å²) in [6.07, 6.45) is -4.34. The van der Waals surface area contributed by atoms with Crippen LogP contribution in [0, 0.1) is 0 Å². The highest BCUT2D eigenvalue weighted by Crippen LogP contribution is 2.31. The molecule has 21 heavy (non-hydrogen) atoms. The molecule has 0 atom stereocenters. The van der Waals surface area contributed by atoms with E-state index < -0.39 is 11.7 Å². The van der Waals surface area contributed by atoms with Crippen LogP contribution in [-0.4, -0.2) is 5.11 Å². The quantitative estimate of drug-likeness (QED) is 0.867.